The molecule has 0 aliphatic rings. The highest BCUT2D eigenvalue weighted by Crippen LogP contribution is 2.31. The summed E-state index contributed by atoms with van der Waals surface area (Å²) >= 11 is 4.69. The third-order valence-electron chi connectivity index (χ3n) is 1.52. The fraction of sp³-hybridized carbons (Fsp3) is 0. The molecule has 0 bridgehead atoms. The summed E-state index contributed by atoms with van der Waals surface area (Å²) in [7, 11) is 1.25. The normalized spacial score (nSPS) is 11.9. The van der Waals surface area contributed by atoms with Crippen LogP contribution in [0.4, 0.5) is 0 Å². The number of aromatic amines is 1. The minimum atomic E-state index is -3.85. The van der Waals surface area contributed by atoms with E-state index in [1.165, 1.54) is 11.3 Å². The molecule has 2 heterocycles. The Kier molecular flexibility index (Phi) is 2.84. The van der Waals surface area contributed by atoms with Crippen LogP contribution in [0, 0.1) is 0 Å². The van der Waals surface area contributed by atoms with Crippen molar-refractivity contribution in [3.63, 3.8) is 0 Å². The fourth-order valence-corrected chi connectivity index (χ4v) is 2.95. The van der Waals surface area contributed by atoms with E-state index in [4.69, 9.17) is 10.7 Å². The van der Waals surface area contributed by atoms with Crippen LogP contribution < -0.4 is 0 Å². The largest absolute Gasteiger partial charge is 0.296 e. The molecule has 0 unspecified atom stereocenters. The molecular formula is C6H3BrClN3O2S2. The van der Waals surface area contributed by atoms with E-state index in [1.807, 2.05) is 11.4 Å². The highest BCUT2D eigenvalue weighted by molar-refractivity contribution is 9.10. The Bertz CT molecular complexity index is 591. The van der Waals surface area contributed by atoms with Crippen molar-refractivity contribution in [3.8, 4) is 10.7 Å². The number of rotatable bonds is 2. The van der Waals surface area contributed by atoms with Crippen LogP contribution in [0.15, 0.2) is 21.1 Å². The summed E-state index contributed by atoms with van der Waals surface area (Å²) < 4.78 is 22.7. The standard InChI is InChI=1S/C6H3BrClN3O2S2/c7-3-1-2-14-4(3)5-9-6(11-10-5)15(8,12)13/h1-2H,(H,9,10,11). The van der Waals surface area contributed by atoms with Crippen molar-refractivity contribution in [2.45, 2.75) is 5.16 Å². The Balaban J connectivity index is 2.50. The van der Waals surface area contributed by atoms with E-state index >= 15 is 0 Å². The van der Waals surface area contributed by atoms with Gasteiger partial charge < -0.3 is 0 Å². The lowest BCUT2D eigenvalue weighted by atomic mass is 10.4. The number of H-pyrrole nitrogens is 1. The van der Waals surface area contributed by atoms with Gasteiger partial charge in [-0.3, -0.25) is 0 Å². The van der Waals surface area contributed by atoms with Crippen molar-refractivity contribution in [1.29, 1.82) is 0 Å². The van der Waals surface area contributed by atoms with E-state index in [9.17, 15) is 8.42 Å². The number of aromatic nitrogens is 3. The molecule has 2 rings (SSSR count). The zero-order chi connectivity index (χ0) is 11.1. The van der Waals surface area contributed by atoms with Crippen molar-refractivity contribution in [1.82, 2.24) is 15.2 Å². The number of hydrogen-bond donors (Lipinski definition) is 1. The topological polar surface area (TPSA) is 75.7 Å². The molecule has 0 fully saturated rings. The summed E-state index contributed by atoms with van der Waals surface area (Å²) in [6.07, 6.45) is 0. The molecule has 0 aromatic carbocycles. The SMILES string of the molecule is O=S(=O)(Cl)c1nc(-c2sccc2Br)n[nH]1. The van der Waals surface area contributed by atoms with E-state index in [0.717, 1.165) is 9.35 Å². The smallest absolute Gasteiger partial charge is 0.248 e. The Morgan fingerprint density at radius 2 is 2.27 bits per heavy atom. The number of nitrogens with one attached hydrogen (secondary N) is 1. The van der Waals surface area contributed by atoms with Crippen LogP contribution in [0.5, 0.6) is 0 Å². The van der Waals surface area contributed by atoms with E-state index in [1.54, 1.807) is 0 Å². The first-order chi connectivity index (χ1) is 6.98. The van der Waals surface area contributed by atoms with E-state index in [2.05, 4.69) is 31.1 Å². The van der Waals surface area contributed by atoms with Gasteiger partial charge in [0, 0.05) is 15.2 Å². The molecule has 0 aliphatic carbocycles. The Morgan fingerprint density at radius 1 is 1.53 bits per heavy atom. The first kappa shape index (κ1) is 11.1. The summed E-state index contributed by atoms with van der Waals surface area (Å²) in [5, 5.41) is 7.52. The second kappa shape index (κ2) is 3.85. The average molecular weight is 329 g/mol. The second-order valence-corrected chi connectivity index (χ2v) is 6.75. The zero-order valence-electron chi connectivity index (χ0n) is 6.94. The van der Waals surface area contributed by atoms with Crippen LogP contribution in [-0.4, -0.2) is 23.6 Å². The van der Waals surface area contributed by atoms with Gasteiger partial charge in [0.1, 0.15) is 0 Å². The molecule has 2 aromatic heterocycles. The van der Waals surface area contributed by atoms with Gasteiger partial charge in [0.15, 0.2) is 5.82 Å². The number of nitrogens with zero attached hydrogens (tertiary/aromatic N) is 2. The van der Waals surface area contributed by atoms with Crippen LogP contribution in [-0.2, 0) is 9.05 Å². The van der Waals surface area contributed by atoms with Gasteiger partial charge in [0.25, 0.3) is 14.2 Å². The Morgan fingerprint density at radius 3 is 2.73 bits per heavy atom. The molecule has 15 heavy (non-hydrogen) atoms. The molecule has 0 atom stereocenters. The van der Waals surface area contributed by atoms with Crippen molar-refractivity contribution in [3.05, 3.63) is 15.9 Å². The van der Waals surface area contributed by atoms with E-state index < -0.39 is 9.05 Å². The van der Waals surface area contributed by atoms with Gasteiger partial charge in [0.2, 0.25) is 0 Å². The number of hydrogen-bond acceptors (Lipinski definition) is 5. The zero-order valence-corrected chi connectivity index (χ0v) is 10.9. The summed E-state index contributed by atoms with van der Waals surface area (Å²) in [5.41, 5.74) is 0. The van der Waals surface area contributed by atoms with Crippen LogP contribution >= 0.6 is 37.9 Å². The summed E-state index contributed by atoms with van der Waals surface area (Å²) in [6.45, 7) is 0. The first-order valence-electron chi connectivity index (χ1n) is 3.59. The van der Waals surface area contributed by atoms with Crippen LogP contribution in [0.25, 0.3) is 10.7 Å². The van der Waals surface area contributed by atoms with Crippen molar-refractivity contribution in [2.24, 2.45) is 0 Å². The molecule has 0 saturated carbocycles. The average Bonchev–Trinajstić information content (AvgIpc) is 2.69. The summed E-state index contributed by atoms with van der Waals surface area (Å²) in [5.74, 6) is 0.302. The molecule has 0 aliphatic heterocycles. The number of halogens is 2. The first-order valence-corrected chi connectivity index (χ1v) is 7.57. The third-order valence-corrected chi connectivity index (χ3v) is 4.43. The quantitative estimate of drug-likeness (QED) is 0.858. The fourth-order valence-electron chi connectivity index (χ4n) is 0.911. The van der Waals surface area contributed by atoms with Gasteiger partial charge in [-0.05, 0) is 27.4 Å². The summed E-state index contributed by atoms with van der Waals surface area (Å²) in [6, 6.07) is 1.82. The predicted octanol–water partition coefficient (Wildman–Crippen LogP) is 2.22. The lowest BCUT2D eigenvalue weighted by Crippen LogP contribution is -1.92. The molecule has 0 spiro atoms. The lowest BCUT2D eigenvalue weighted by Gasteiger charge is -1.88. The van der Waals surface area contributed by atoms with Crippen LogP contribution in [0.2, 0.25) is 0 Å². The maximum Gasteiger partial charge on any atom is 0.296 e. The minimum absolute atomic E-state index is 0.302. The number of thiophene rings is 1. The minimum Gasteiger partial charge on any atom is -0.248 e. The second-order valence-electron chi connectivity index (χ2n) is 2.50. The monoisotopic (exact) mass is 327 g/mol. The summed E-state index contributed by atoms with van der Waals surface area (Å²) in [4.78, 5) is 4.53. The molecule has 80 valence electrons. The third kappa shape index (κ3) is 2.22. The van der Waals surface area contributed by atoms with Crippen LogP contribution in [0.3, 0.4) is 0 Å². The molecule has 2 aromatic rings. The van der Waals surface area contributed by atoms with Crippen LogP contribution in [0.1, 0.15) is 0 Å². The van der Waals surface area contributed by atoms with E-state index in [-0.39, 0.29) is 5.16 Å². The van der Waals surface area contributed by atoms with Crippen molar-refractivity contribution < 1.29 is 8.42 Å². The molecular weight excluding hydrogens is 326 g/mol. The van der Waals surface area contributed by atoms with Gasteiger partial charge >= 0.3 is 0 Å². The maximum absolute atomic E-state index is 10.9. The maximum atomic E-state index is 10.9. The van der Waals surface area contributed by atoms with Gasteiger partial charge in [-0.1, -0.05) is 0 Å². The van der Waals surface area contributed by atoms with Crippen molar-refractivity contribution in [2.75, 3.05) is 0 Å². The Hall–Kier alpha value is -0.440. The molecule has 0 radical (unpaired) electrons. The lowest BCUT2D eigenvalue weighted by molar-refractivity contribution is 0.602. The molecule has 5 nitrogen and oxygen atoms in total. The van der Waals surface area contributed by atoms with E-state index in [0.29, 0.717) is 5.82 Å². The molecule has 9 heteroatoms. The van der Waals surface area contributed by atoms with Gasteiger partial charge in [-0.2, -0.15) is 10.1 Å². The van der Waals surface area contributed by atoms with Gasteiger partial charge in [-0.15, -0.1) is 11.3 Å². The van der Waals surface area contributed by atoms with Crippen molar-refractivity contribution >= 4 is 47.0 Å². The molecule has 0 amide bonds. The molecule has 0 saturated heterocycles. The highest BCUT2D eigenvalue weighted by Gasteiger charge is 2.18. The predicted molar refractivity (Wildman–Crippen MR) is 60.4 cm³/mol. The highest BCUT2D eigenvalue weighted by atomic mass is 79.9. The van der Waals surface area contributed by atoms with Gasteiger partial charge in [-0.25, -0.2) is 13.5 Å². The van der Waals surface area contributed by atoms with Gasteiger partial charge in [0.05, 0.1) is 4.88 Å². The Labute approximate surface area is 102 Å². The molecule has 1 N–H and O–H groups in total.